The van der Waals surface area contributed by atoms with Crippen molar-refractivity contribution in [2.24, 2.45) is 0 Å². The third-order valence-corrected chi connectivity index (χ3v) is 2.51. The molecular weight excluding hydrogens is 223 g/mol. The Balaban J connectivity index is 2.00. The van der Waals surface area contributed by atoms with Crippen LogP contribution in [0.1, 0.15) is 24.4 Å². The zero-order valence-electron chi connectivity index (χ0n) is 9.31. The molecule has 5 nitrogen and oxygen atoms in total. The van der Waals surface area contributed by atoms with Crippen LogP contribution in [0.25, 0.3) is 0 Å². The predicted octanol–water partition coefficient (Wildman–Crippen LogP) is 1.50. The summed E-state index contributed by atoms with van der Waals surface area (Å²) in [4.78, 5) is 4.00. The first-order valence-electron chi connectivity index (χ1n) is 5.23. The summed E-state index contributed by atoms with van der Waals surface area (Å²) in [7, 11) is 0. The molecule has 0 aliphatic rings. The van der Waals surface area contributed by atoms with E-state index < -0.39 is 5.82 Å². The van der Waals surface area contributed by atoms with E-state index in [1.54, 1.807) is 12.1 Å². The second kappa shape index (κ2) is 4.92. The number of para-hydroxylation sites is 1. The predicted molar refractivity (Wildman–Crippen MR) is 59.7 cm³/mol. The SMILES string of the molecule is CC(NCc1cccc(F)c1O)c1ncn[nH]1. The summed E-state index contributed by atoms with van der Waals surface area (Å²) < 4.78 is 13.1. The molecule has 3 N–H and O–H groups in total. The molecule has 0 spiro atoms. The fourth-order valence-electron chi connectivity index (χ4n) is 1.49. The first kappa shape index (κ1) is 11.5. The van der Waals surface area contributed by atoms with Crippen LogP contribution in [0.2, 0.25) is 0 Å². The summed E-state index contributed by atoms with van der Waals surface area (Å²) in [5.41, 5.74) is 0.511. The zero-order chi connectivity index (χ0) is 12.3. The van der Waals surface area contributed by atoms with Gasteiger partial charge in [0.05, 0.1) is 6.04 Å². The molecule has 0 aliphatic heterocycles. The fraction of sp³-hybridized carbons (Fsp3) is 0.273. The van der Waals surface area contributed by atoms with Gasteiger partial charge in [0.1, 0.15) is 12.2 Å². The van der Waals surface area contributed by atoms with Gasteiger partial charge >= 0.3 is 0 Å². The Hall–Kier alpha value is -1.95. The van der Waals surface area contributed by atoms with Crippen LogP contribution in [0.15, 0.2) is 24.5 Å². The van der Waals surface area contributed by atoms with Crippen molar-refractivity contribution >= 4 is 0 Å². The summed E-state index contributed by atoms with van der Waals surface area (Å²) in [6, 6.07) is 4.39. The van der Waals surface area contributed by atoms with Crippen LogP contribution in [0.4, 0.5) is 4.39 Å². The highest BCUT2D eigenvalue weighted by Crippen LogP contribution is 2.21. The molecule has 1 aromatic heterocycles. The van der Waals surface area contributed by atoms with Gasteiger partial charge in [-0.25, -0.2) is 9.37 Å². The van der Waals surface area contributed by atoms with Crippen LogP contribution in [-0.2, 0) is 6.54 Å². The fourth-order valence-corrected chi connectivity index (χ4v) is 1.49. The van der Waals surface area contributed by atoms with Gasteiger partial charge in [0.2, 0.25) is 0 Å². The first-order valence-corrected chi connectivity index (χ1v) is 5.23. The number of aromatic nitrogens is 3. The molecule has 90 valence electrons. The minimum absolute atomic E-state index is 0.0554. The van der Waals surface area contributed by atoms with Crippen molar-refractivity contribution in [3.8, 4) is 5.75 Å². The van der Waals surface area contributed by atoms with Crippen molar-refractivity contribution < 1.29 is 9.50 Å². The molecule has 1 unspecified atom stereocenters. The van der Waals surface area contributed by atoms with E-state index in [4.69, 9.17) is 0 Å². The highest BCUT2D eigenvalue weighted by molar-refractivity contribution is 5.33. The third-order valence-electron chi connectivity index (χ3n) is 2.51. The van der Waals surface area contributed by atoms with E-state index in [2.05, 4.69) is 20.5 Å². The van der Waals surface area contributed by atoms with Gasteiger partial charge in [-0.05, 0) is 13.0 Å². The van der Waals surface area contributed by atoms with Crippen molar-refractivity contribution in [3.05, 3.63) is 41.7 Å². The molecule has 1 aromatic carbocycles. The second-order valence-corrected chi connectivity index (χ2v) is 3.72. The highest BCUT2D eigenvalue weighted by Gasteiger charge is 2.10. The number of rotatable bonds is 4. The summed E-state index contributed by atoms with van der Waals surface area (Å²) in [6.07, 6.45) is 1.42. The van der Waals surface area contributed by atoms with Crippen LogP contribution < -0.4 is 5.32 Å². The normalized spacial score (nSPS) is 12.6. The average molecular weight is 236 g/mol. The van der Waals surface area contributed by atoms with E-state index in [1.807, 2.05) is 6.92 Å². The molecule has 0 bridgehead atoms. The summed E-state index contributed by atoms with van der Waals surface area (Å²) in [5.74, 6) is -0.234. The number of H-pyrrole nitrogens is 1. The Bertz CT molecular complexity index is 486. The molecule has 0 fully saturated rings. The van der Waals surface area contributed by atoms with Crippen LogP contribution in [-0.4, -0.2) is 20.3 Å². The van der Waals surface area contributed by atoms with Gasteiger partial charge in [0, 0.05) is 12.1 Å². The lowest BCUT2D eigenvalue weighted by molar-refractivity contribution is 0.420. The molecule has 0 radical (unpaired) electrons. The van der Waals surface area contributed by atoms with Gasteiger partial charge in [-0.3, -0.25) is 5.10 Å². The van der Waals surface area contributed by atoms with E-state index in [-0.39, 0.29) is 11.8 Å². The quantitative estimate of drug-likeness (QED) is 0.752. The number of aromatic hydroxyl groups is 1. The highest BCUT2D eigenvalue weighted by atomic mass is 19.1. The summed E-state index contributed by atoms with van der Waals surface area (Å²) in [5, 5.41) is 19.1. The molecule has 1 atom stereocenters. The summed E-state index contributed by atoms with van der Waals surface area (Å²) >= 11 is 0. The van der Waals surface area contributed by atoms with E-state index in [1.165, 1.54) is 12.4 Å². The van der Waals surface area contributed by atoms with Gasteiger partial charge in [-0.2, -0.15) is 5.10 Å². The number of phenols is 1. The lowest BCUT2D eigenvalue weighted by atomic mass is 10.2. The Labute approximate surface area is 97.7 Å². The number of nitrogens with zero attached hydrogens (tertiary/aromatic N) is 2. The number of hydrogen-bond acceptors (Lipinski definition) is 4. The van der Waals surface area contributed by atoms with Crippen molar-refractivity contribution in [1.29, 1.82) is 0 Å². The second-order valence-electron chi connectivity index (χ2n) is 3.72. The van der Waals surface area contributed by atoms with Gasteiger partial charge in [-0.15, -0.1) is 0 Å². The van der Waals surface area contributed by atoms with E-state index in [0.717, 1.165) is 0 Å². The average Bonchev–Trinajstić information content (AvgIpc) is 2.84. The molecule has 1 heterocycles. The molecule has 6 heteroatoms. The van der Waals surface area contributed by atoms with E-state index in [9.17, 15) is 9.50 Å². The lowest BCUT2D eigenvalue weighted by Crippen LogP contribution is -2.19. The largest absolute Gasteiger partial charge is 0.505 e. The maximum absolute atomic E-state index is 13.1. The molecule has 0 amide bonds. The molecule has 2 rings (SSSR count). The van der Waals surface area contributed by atoms with Crippen LogP contribution in [0.5, 0.6) is 5.75 Å². The Morgan fingerprint density at radius 3 is 3.06 bits per heavy atom. The van der Waals surface area contributed by atoms with Crippen LogP contribution >= 0.6 is 0 Å². The molecular formula is C11H13FN4O. The van der Waals surface area contributed by atoms with Crippen LogP contribution in [0, 0.1) is 5.82 Å². The van der Waals surface area contributed by atoms with Crippen molar-refractivity contribution in [2.45, 2.75) is 19.5 Å². The van der Waals surface area contributed by atoms with E-state index >= 15 is 0 Å². The maximum atomic E-state index is 13.1. The van der Waals surface area contributed by atoms with Gasteiger partial charge in [0.15, 0.2) is 11.6 Å². The number of hydrogen-bond donors (Lipinski definition) is 3. The summed E-state index contributed by atoms with van der Waals surface area (Å²) in [6.45, 7) is 2.25. The molecule has 0 aliphatic carbocycles. The molecule has 2 aromatic rings. The van der Waals surface area contributed by atoms with Crippen molar-refractivity contribution in [2.75, 3.05) is 0 Å². The van der Waals surface area contributed by atoms with Crippen LogP contribution in [0.3, 0.4) is 0 Å². The van der Waals surface area contributed by atoms with Gasteiger partial charge < -0.3 is 10.4 Å². The lowest BCUT2D eigenvalue weighted by Gasteiger charge is -2.11. The maximum Gasteiger partial charge on any atom is 0.165 e. The van der Waals surface area contributed by atoms with E-state index in [0.29, 0.717) is 17.9 Å². The first-order chi connectivity index (χ1) is 8.18. The Kier molecular flexibility index (Phi) is 3.34. The number of halogens is 1. The van der Waals surface area contributed by atoms with Gasteiger partial charge in [0.25, 0.3) is 0 Å². The minimum Gasteiger partial charge on any atom is -0.505 e. The number of benzene rings is 1. The smallest absolute Gasteiger partial charge is 0.165 e. The van der Waals surface area contributed by atoms with Crippen molar-refractivity contribution in [1.82, 2.24) is 20.5 Å². The number of nitrogens with one attached hydrogen (secondary N) is 2. The number of aromatic amines is 1. The Morgan fingerprint density at radius 2 is 2.35 bits per heavy atom. The van der Waals surface area contributed by atoms with Crippen molar-refractivity contribution in [3.63, 3.8) is 0 Å². The molecule has 17 heavy (non-hydrogen) atoms. The standard InChI is InChI=1S/C11H13FN4O/c1-7(11-14-6-15-16-11)13-5-8-3-2-4-9(12)10(8)17/h2-4,6-7,13,17H,5H2,1H3,(H,14,15,16). The topological polar surface area (TPSA) is 73.8 Å². The van der Waals surface area contributed by atoms with Gasteiger partial charge in [-0.1, -0.05) is 12.1 Å². The number of phenolic OH excluding ortho intramolecular Hbond substituents is 1. The zero-order valence-corrected chi connectivity index (χ0v) is 9.31. The molecule has 0 saturated carbocycles. The third kappa shape index (κ3) is 2.59. The monoisotopic (exact) mass is 236 g/mol. The minimum atomic E-state index is -0.614. The Morgan fingerprint density at radius 1 is 1.53 bits per heavy atom. The molecule has 0 saturated heterocycles.